The molecule has 1 aromatic carbocycles. The average Bonchev–Trinajstić information content (AvgIpc) is 3.19. The van der Waals surface area contributed by atoms with Crippen LogP contribution in [0.15, 0.2) is 36.4 Å². The van der Waals surface area contributed by atoms with Crippen LogP contribution in [-0.2, 0) is 9.59 Å². The normalized spacial score (nSPS) is 44.0. The number of fused-ring (bicyclic) bond motifs is 9. The zero-order valence-corrected chi connectivity index (χ0v) is 12.4. The van der Waals surface area contributed by atoms with Crippen LogP contribution in [-0.4, -0.2) is 17.7 Å². The molecule has 0 heterocycles. The van der Waals surface area contributed by atoms with Crippen LogP contribution in [0, 0.1) is 42.4 Å². The SMILES string of the molecule is Cc1ccc(OC2CC3C(=O)C2C2C4C=CC(C4=O)C32)cc1. The molecule has 0 aliphatic heterocycles. The number of aryl methyl sites for hydroxylation is 1. The van der Waals surface area contributed by atoms with Crippen molar-refractivity contribution < 1.29 is 14.3 Å². The van der Waals surface area contributed by atoms with E-state index >= 15 is 0 Å². The first-order chi connectivity index (χ1) is 10.6. The summed E-state index contributed by atoms with van der Waals surface area (Å²) in [5, 5.41) is 0. The third-order valence-electron chi connectivity index (χ3n) is 6.23. The van der Waals surface area contributed by atoms with E-state index in [1.807, 2.05) is 43.3 Å². The summed E-state index contributed by atoms with van der Waals surface area (Å²) in [5.41, 5.74) is 1.19. The highest BCUT2D eigenvalue weighted by atomic mass is 16.5. The number of rotatable bonds is 2. The average molecular weight is 294 g/mol. The van der Waals surface area contributed by atoms with E-state index in [4.69, 9.17) is 4.74 Å². The standard InChI is InChI=1S/C19H18O3/c1-9-2-4-10(5-3-9)22-14-8-13-15-11-6-7-12(18(11)20)16(15)17(14)19(13)21/h2-7,11-17H,8H2,1H3. The summed E-state index contributed by atoms with van der Waals surface area (Å²) in [7, 11) is 0. The van der Waals surface area contributed by atoms with Crippen molar-refractivity contribution in [3.8, 4) is 5.75 Å². The quantitative estimate of drug-likeness (QED) is 0.622. The molecule has 7 unspecified atom stereocenters. The highest BCUT2D eigenvalue weighted by Crippen LogP contribution is 2.62. The van der Waals surface area contributed by atoms with Crippen molar-refractivity contribution in [2.75, 3.05) is 0 Å². The number of Topliss-reactive ketones (excluding diaryl/α,β-unsaturated/α-hetero) is 2. The largest absolute Gasteiger partial charge is 0.490 e. The Morgan fingerprint density at radius 2 is 1.64 bits per heavy atom. The summed E-state index contributed by atoms with van der Waals surface area (Å²) in [6.07, 6.45) is 4.80. The fourth-order valence-corrected chi connectivity index (χ4v) is 5.39. The van der Waals surface area contributed by atoms with Gasteiger partial charge in [0.15, 0.2) is 0 Å². The number of hydrogen-bond acceptors (Lipinski definition) is 3. The second kappa shape index (κ2) is 4.09. The number of allylic oxidation sites excluding steroid dienone is 2. The minimum atomic E-state index is -0.0831. The Balaban J connectivity index is 1.45. The summed E-state index contributed by atoms with van der Waals surface area (Å²) >= 11 is 0. The number of ketones is 2. The molecule has 22 heavy (non-hydrogen) atoms. The molecule has 3 heteroatoms. The summed E-state index contributed by atoms with van der Waals surface area (Å²) in [5.74, 6) is 1.91. The molecule has 0 saturated heterocycles. The fraction of sp³-hybridized carbons (Fsp3) is 0.474. The molecule has 1 aromatic rings. The van der Waals surface area contributed by atoms with Crippen molar-refractivity contribution in [3.63, 3.8) is 0 Å². The van der Waals surface area contributed by atoms with Gasteiger partial charge in [0.25, 0.3) is 0 Å². The van der Waals surface area contributed by atoms with Crippen LogP contribution in [0.4, 0.5) is 0 Å². The van der Waals surface area contributed by atoms with Crippen molar-refractivity contribution in [1.29, 1.82) is 0 Å². The van der Waals surface area contributed by atoms with Crippen LogP contribution in [0.2, 0.25) is 0 Å². The Labute approximate surface area is 129 Å². The summed E-state index contributed by atoms with van der Waals surface area (Å²) in [4.78, 5) is 24.9. The first-order valence-corrected chi connectivity index (χ1v) is 8.14. The van der Waals surface area contributed by atoms with Gasteiger partial charge >= 0.3 is 0 Å². The lowest BCUT2D eigenvalue weighted by molar-refractivity contribution is -0.125. The Kier molecular flexibility index (Phi) is 2.35. The van der Waals surface area contributed by atoms with E-state index in [2.05, 4.69) is 0 Å². The van der Waals surface area contributed by atoms with E-state index in [1.54, 1.807) is 0 Å². The molecule has 0 amide bonds. The summed E-state index contributed by atoms with van der Waals surface area (Å²) in [6, 6.07) is 7.98. The van der Waals surface area contributed by atoms with E-state index in [-0.39, 0.29) is 41.6 Å². The van der Waals surface area contributed by atoms with Crippen molar-refractivity contribution in [1.82, 2.24) is 0 Å². The van der Waals surface area contributed by atoms with Crippen LogP contribution < -0.4 is 4.74 Å². The molecule has 3 saturated carbocycles. The highest BCUT2D eigenvalue weighted by molar-refractivity contribution is 5.99. The molecule has 4 bridgehead atoms. The summed E-state index contributed by atoms with van der Waals surface area (Å²) in [6.45, 7) is 2.04. The van der Waals surface area contributed by atoms with Crippen molar-refractivity contribution in [2.24, 2.45) is 35.5 Å². The first kappa shape index (κ1) is 12.6. The van der Waals surface area contributed by atoms with Gasteiger partial charge in [-0.05, 0) is 37.3 Å². The van der Waals surface area contributed by atoms with Crippen LogP contribution in [0.25, 0.3) is 0 Å². The zero-order chi connectivity index (χ0) is 15.0. The van der Waals surface area contributed by atoms with Crippen molar-refractivity contribution >= 4 is 11.6 Å². The molecule has 7 atom stereocenters. The number of carbonyl (C=O) groups is 2. The van der Waals surface area contributed by atoms with Crippen molar-refractivity contribution in [2.45, 2.75) is 19.4 Å². The van der Waals surface area contributed by atoms with Gasteiger partial charge in [0.05, 0.1) is 5.92 Å². The maximum absolute atomic E-state index is 12.6. The lowest BCUT2D eigenvalue weighted by Gasteiger charge is -2.34. The molecule has 4 aliphatic carbocycles. The fourth-order valence-electron chi connectivity index (χ4n) is 5.39. The summed E-state index contributed by atoms with van der Waals surface area (Å²) < 4.78 is 6.13. The lowest BCUT2D eigenvalue weighted by Crippen LogP contribution is -2.37. The van der Waals surface area contributed by atoms with Gasteiger partial charge in [0, 0.05) is 17.8 Å². The maximum atomic E-state index is 12.6. The van der Waals surface area contributed by atoms with Gasteiger partial charge in [-0.15, -0.1) is 0 Å². The minimum Gasteiger partial charge on any atom is -0.490 e. The molecule has 0 aromatic heterocycles. The van der Waals surface area contributed by atoms with E-state index in [9.17, 15) is 9.59 Å². The Bertz CT molecular complexity index is 702. The van der Waals surface area contributed by atoms with Gasteiger partial charge in [0.2, 0.25) is 0 Å². The van der Waals surface area contributed by atoms with Crippen LogP contribution in [0.3, 0.4) is 0 Å². The third kappa shape index (κ3) is 1.42. The first-order valence-electron chi connectivity index (χ1n) is 8.14. The smallest absolute Gasteiger partial charge is 0.147 e. The minimum absolute atomic E-state index is 0.00859. The second-order valence-corrected chi connectivity index (χ2v) is 7.23. The molecular formula is C19H18O3. The number of carbonyl (C=O) groups excluding carboxylic acids is 2. The van der Waals surface area contributed by atoms with Gasteiger partial charge in [0.1, 0.15) is 23.4 Å². The number of ether oxygens (including phenoxy) is 1. The number of hydrogen-bond donors (Lipinski definition) is 0. The van der Waals surface area contributed by atoms with Crippen molar-refractivity contribution in [3.05, 3.63) is 42.0 Å². The second-order valence-electron chi connectivity index (χ2n) is 7.23. The molecular weight excluding hydrogens is 276 g/mol. The van der Waals surface area contributed by atoms with E-state index < -0.39 is 0 Å². The maximum Gasteiger partial charge on any atom is 0.147 e. The predicted octanol–water partition coefficient (Wildman–Crippen LogP) is 2.58. The molecule has 3 nitrogen and oxygen atoms in total. The van der Waals surface area contributed by atoms with Gasteiger partial charge < -0.3 is 4.74 Å². The van der Waals surface area contributed by atoms with E-state index in [1.165, 1.54) is 5.56 Å². The highest BCUT2D eigenvalue weighted by Gasteiger charge is 2.69. The predicted molar refractivity (Wildman–Crippen MR) is 80.3 cm³/mol. The topological polar surface area (TPSA) is 43.4 Å². The lowest BCUT2D eigenvalue weighted by atomic mass is 9.72. The molecule has 4 aliphatic rings. The van der Waals surface area contributed by atoms with Gasteiger partial charge in [-0.2, -0.15) is 0 Å². The van der Waals surface area contributed by atoms with Gasteiger partial charge in [-0.25, -0.2) is 0 Å². The van der Waals surface area contributed by atoms with Gasteiger partial charge in [-0.1, -0.05) is 29.8 Å². The molecule has 0 radical (unpaired) electrons. The van der Waals surface area contributed by atoms with Crippen LogP contribution in [0.1, 0.15) is 12.0 Å². The Hall–Kier alpha value is -1.90. The molecule has 0 N–H and O–H groups in total. The molecule has 5 rings (SSSR count). The van der Waals surface area contributed by atoms with Crippen LogP contribution >= 0.6 is 0 Å². The molecule has 112 valence electrons. The third-order valence-corrected chi connectivity index (χ3v) is 6.23. The number of benzene rings is 1. The van der Waals surface area contributed by atoms with Gasteiger partial charge in [-0.3, -0.25) is 9.59 Å². The Morgan fingerprint density at radius 1 is 0.955 bits per heavy atom. The van der Waals surface area contributed by atoms with E-state index in [0.717, 1.165) is 12.2 Å². The van der Waals surface area contributed by atoms with Crippen LogP contribution in [0.5, 0.6) is 5.75 Å². The van der Waals surface area contributed by atoms with E-state index in [0.29, 0.717) is 11.6 Å². The molecule has 0 spiro atoms. The zero-order valence-electron chi connectivity index (χ0n) is 12.4. The Morgan fingerprint density at radius 3 is 2.36 bits per heavy atom. The monoisotopic (exact) mass is 294 g/mol. The molecule has 3 fully saturated rings.